The molecule has 0 saturated heterocycles. The summed E-state index contributed by atoms with van der Waals surface area (Å²) in [7, 11) is 1.57. The van der Waals surface area contributed by atoms with Crippen LogP contribution in [0.3, 0.4) is 0 Å². The Kier molecular flexibility index (Phi) is 5.34. The van der Waals surface area contributed by atoms with Crippen molar-refractivity contribution in [2.75, 3.05) is 7.11 Å². The van der Waals surface area contributed by atoms with Crippen LogP contribution in [-0.2, 0) is 0 Å². The van der Waals surface area contributed by atoms with Crippen LogP contribution in [0.25, 0.3) is 0 Å². The van der Waals surface area contributed by atoms with Gasteiger partial charge in [-0.1, -0.05) is 0 Å². The van der Waals surface area contributed by atoms with E-state index in [9.17, 15) is 4.79 Å². The molecule has 1 aromatic heterocycles. The molecule has 0 amide bonds. The molecule has 3 aromatic rings. The number of hydrogen-bond donors (Lipinski definition) is 0. The first-order valence-electron chi connectivity index (χ1n) is 7.94. The molecule has 26 heavy (non-hydrogen) atoms. The number of rotatable bonds is 5. The molecule has 0 atom stereocenters. The van der Waals surface area contributed by atoms with Crippen molar-refractivity contribution in [1.82, 2.24) is 4.98 Å². The van der Waals surface area contributed by atoms with Gasteiger partial charge in [0.05, 0.1) is 24.0 Å². The number of carbonyl (C=O) groups is 1. The van der Waals surface area contributed by atoms with Crippen molar-refractivity contribution < 1.29 is 14.3 Å². The van der Waals surface area contributed by atoms with Crippen molar-refractivity contribution in [3.05, 3.63) is 78.1 Å². The first-order valence-corrected chi connectivity index (χ1v) is 7.94. The molecule has 0 unspecified atom stereocenters. The minimum atomic E-state index is -0.432. The summed E-state index contributed by atoms with van der Waals surface area (Å²) >= 11 is 0. The molecule has 0 aliphatic carbocycles. The standard InChI is InChI=1S/C20H17N3O3/c1-14-13-18(26-20(24)15-3-5-17(25-2)6-4-15)7-8-19(14)23-22-16-9-11-21-12-10-16/h3-13H,1-2H3. The zero-order chi connectivity index (χ0) is 18.4. The molecule has 0 bridgehead atoms. The van der Waals surface area contributed by atoms with Gasteiger partial charge >= 0.3 is 5.97 Å². The molecule has 2 aromatic carbocycles. The largest absolute Gasteiger partial charge is 0.497 e. The highest BCUT2D eigenvalue weighted by atomic mass is 16.5. The van der Waals surface area contributed by atoms with Gasteiger partial charge in [-0.2, -0.15) is 10.2 Å². The predicted molar refractivity (Wildman–Crippen MR) is 97.5 cm³/mol. The molecule has 0 aliphatic rings. The minimum Gasteiger partial charge on any atom is -0.497 e. The molecule has 3 rings (SSSR count). The minimum absolute atomic E-state index is 0.432. The molecule has 1 heterocycles. The van der Waals surface area contributed by atoms with Crippen molar-refractivity contribution in [2.45, 2.75) is 6.92 Å². The van der Waals surface area contributed by atoms with Gasteiger partial charge < -0.3 is 9.47 Å². The number of aryl methyl sites for hydroxylation is 1. The van der Waals surface area contributed by atoms with Crippen molar-refractivity contribution in [3.63, 3.8) is 0 Å². The monoisotopic (exact) mass is 347 g/mol. The number of aromatic nitrogens is 1. The highest BCUT2D eigenvalue weighted by molar-refractivity contribution is 5.91. The smallest absolute Gasteiger partial charge is 0.343 e. The predicted octanol–water partition coefficient (Wildman–Crippen LogP) is 5.03. The summed E-state index contributed by atoms with van der Waals surface area (Å²) in [6, 6.07) is 15.5. The third kappa shape index (κ3) is 4.30. The van der Waals surface area contributed by atoms with Gasteiger partial charge in [-0.3, -0.25) is 4.98 Å². The van der Waals surface area contributed by atoms with Crippen LogP contribution in [0.5, 0.6) is 11.5 Å². The lowest BCUT2D eigenvalue weighted by molar-refractivity contribution is 0.0734. The average molecular weight is 347 g/mol. The lowest BCUT2D eigenvalue weighted by Gasteiger charge is -2.07. The van der Waals surface area contributed by atoms with E-state index >= 15 is 0 Å². The second-order valence-electron chi connectivity index (χ2n) is 5.47. The van der Waals surface area contributed by atoms with Gasteiger partial charge in [0.25, 0.3) is 0 Å². The van der Waals surface area contributed by atoms with Gasteiger partial charge in [0.2, 0.25) is 0 Å². The maximum absolute atomic E-state index is 12.2. The molecule has 6 nitrogen and oxygen atoms in total. The van der Waals surface area contributed by atoms with E-state index in [2.05, 4.69) is 15.2 Å². The van der Waals surface area contributed by atoms with Crippen molar-refractivity contribution >= 4 is 17.3 Å². The van der Waals surface area contributed by atoms with Crippen molar-refractivity contribution in [2.24, 2.45) is 10.2 Å². The Morgan fingerprint density at radius 2 is 1.62 bits per heavy atom. The molecule has 0 fully saturated rings. The molecule has 130 valence electrons. The third-order valence-electron chi connectivity index (χ3n) is 3.64. The summed E-state index contributed by atoms with van der Waals surface area (Å²) in [6.07, 6.45) is 3.31. The van der Waals surface area contributed by atoms with E-state index < -0.39 is 5.97 Å². The zero-order valence-electron chi connectivity index (χ0n) is 14.4. The summed E-state index contributed by atoms with van der Waals surface area (Å²) in [5.74, 6) is 0.700. The molecule has 0 aliphatic heterocycles. The van der Waals surface area contributed by atoms with E-state index in [-0.39, 0.29) is 0 Å². The van der Waals surface area contributed by atoms with Crippen LogP contribution in [0, 0.1) is 6.92 Å². The fraction of sp³-hybridized carbons (Fsp3) is 0.100. The topological polar surface area (TPSA) is 73.1 Å². The van der Waals surface area contributed by atoms with Crippen molar-refractivity contribution in [1.29, 1.82) is 0 Å². The van der Waals surface area contributed by atoms with Crippen molar-refractivity contribution in [3.8, 4) is 11.5 Å². The number of nitrogens with zero attached hydrogens (tertiary/aromatic N) is 3. The molecular weight excluding hydrogens is 330 g/mol. The van der Waals surface area contributed by atoms with Gasteiger partial charge in [0.1, 0.15) is 11.5 Å². The Hall–Kier alpha value is -3.54. The molecule has 0 radical (unpaired) electrons. The van der Waals surface area contributed by atoms with Gasteiger partial charge in [-0.15, -0.1) is 0 Å². The van der Waals surface area contributed by atoms with Gasteiger partial charge in [-0.05, 0) is 67.1 Å². The zero-order valence-corrected chi connectivity index (χ0v) is 14.4. The number of hydrogen-bond acceptors (Lipinski definition) is 6. The Bertz CT molecular complexity index is 923. The quantitative estimate of drug-likeness (QED) is 0.368. The first kappa shape index (κ1) is 17.3. The van der Waals surface area contributed by atoms with E-state index in [0.29, 0.717) is 22.7 Å². The van der Waals surface area contributed by atoms with Crippen LogP contribution in [0.2, 0.25) is 0 Å². The van der Waals surface area contributed by atoms with Gasteiger partial charge in [0.15, 0.2) is 0 Å². The van der Waals surface area contributed by atoms with E-state index in [1.807, 2.05) is 6.92 Å². The van der Waals surface area contributed by atoms with E-state index in [4.69, 9.17) is 9.47 Å². The summed E-state index contributed by atoms with van der Waals surface area (Å²) in [4.78, 5) is 16.1. The summed E-state index contributed by atoms with van der Waals surface area (Å²) in [6.45, 7) is 1.88. The van der Waals surface area contributed by atoms with E-state index in [0.717, 1.165) is 11.3 Å². The van der Waals surface area contributed by atoms with E-state index in [1.165, 1.54) is 0 Å². The second-order valence-corrected chi connectivity index (χ2v) is 5.47. The highest BCUT2D eigenvalue weighted by Gasteiger charge is 2.10. The van der Waals surface area contributed by atoms with Crippen LogP contribution in [0.15, 0.2) is 77.2 Å². The number of azo groups is 1. The number of esters is 1. The lowest BCUT2D eigenvalue weighted by atomic mass is 10.2. The first-order chi connectivity index (χ1) is 12.7. The Labute approximate surface area is 151 Å². The Balaban J connectivity index is 1.70. The number of ether oxygens (including phenoxy) is 2. The van der Waals surface area contributed by atoms with Crippen LogP contribution in [0.1, 0.15) is 15.9 Å². The van der Waals surface area contributed by atoms with Gasteiger partial charge in [0, 0.05) is 12.4 Å². The fourth-order valence-corrected chi connectivity index (χ4v) is 2.22. The van der Waals surface area contributed by atoms with E-state index in [1.54, 1.807) is 74.1 Å². The number of pyridine rings is 1. The Morgan fingerprint density at radius 3 is 2.27 bits per heavy atom. The molecule has 0 spiro atoms. The highest BCUT2D eigenvalue weighted by Crippen LogP contribution is 2.26. The third-order valence-corrected chi connectivity index (χ3v) is 3.64. The molecular formula is C20H17N3O3. The number of benzene rings is 2. The van der Waals surface area contributed by atoms with Crippen LogP contribution >= 0.6 is 0 Å². The van der Waals surface area contributed by atoms with Crippen LogP contribution < -0.4 is 9.47 Å². The normalized spacial score (nSPS) is 10.7. The molecule has 0 saturated carbocycles. The average Bonchev–Trinajstić information content (AvgIpc) is 2.68. The maximum Gasteiger partial charge on any atom is 0.343 e. The molecule has 6 heteroatoms. The molecule has 0 N–H and O–H groups in total. The van der Waals surface area contributed by atoms with Crippen LogP contribution in [-0.4, -0.2) is 18.1 Å². The maximum atomic E-state index is 12.2. The Morgan fingerprint density at radius 1 is 0.923 bits per heavy atom. The summed E-state index contributed by atoms with van der Waals surface area (Å²) < 4.78 is 10.5. The summed E-state index contributed by atoms with van der Waals surface area (Å²) in [5, 5.41) is 8.37. The SMILES string of the molecule is COc1ccc(C(=O)Oc2ccc(N=Nc3ccncc3)c(C)c2)cc1. The second kappa shape index (κ2) is 8.02. The summed E-state index contributed by atoms with van der Waals surface area (Å²) in [5.41, 5.74) is 2.72. The lowest BCUT2D eigenvalue weighted by Crippen LogP contribution is -2.08. The number of carbonyl (C=O) groups excluding carboxylic acids is 1. The van der Waals surface area contributed by atoms with Crippen LogP contribution in [0.4, 0.5) is 11.4 Å². The van der Waals surface area contributed by atoms with Gasteiger partial charge in [-0.25, -0.2) is 4.79 Å². The fourth-order valence-electron chi connectivity index (χ4n) is 2.22. The number of methoxy groups -OCH3 is 1.